The summed E-state index contributed by atoms with van der Waals surface area (Å²) in [4.78, 5) is 14.6. The fourth-order valence-corrected chi connectivity index (χ4v) is 2.73. The molecule has 0 unspecified atom stereocenters. The molecule has 1 saturated heterocycles. The number of aromatic nitrogens is 4. The van der Waals surface area contributed by atoms with Crippen LogP contribution in [0.5, 0.6) is 0 Å². The highest BCUT2D eigenvalue weighted by atomic mass is 16.5. The Balaban J connectivity index is 1.75. The molecule has 8 heteroatoms. The Morgan fingerprint density at radius 3 is 2.60 bits per heavy atom. The maximum Gasteiger partial charge on any atom is 0.272 e. The number of hydrogen-bond acceptors (Lipinski definition) is 6. The monoisotopic (exact) mass is 347 g/mol. The molecule has 0 saturated carbocycles. The lowest BCUT2D eigenvalue weighted by Crippen LogP contribution is -2.43. The molecule has 136 valence electrons. The molecule has 2 aromatic heterocycles. The molecule has 8 nitrogen and oxygen atoms in total. The normalized spacial score (nSPS) is 18.4. The summed E-state index contributed by atoms with van der Waals surface area (Å²) in [6.45, 7) is 9.45. The van der Waals surface area contributed by atoms with E-state index in [1.165, 1.54) is 0 Å². The first-order valence-corrected chi connectivity index (χ1v) is 8.65. The van der Waals surface area contributed by atoms with Gasteiger partial charge in [-0.3, -0.25) is 9.48 Å². The maximum absolute atomic E-state index is 12.9. The van der Waals surface area contributed by atoms with Crippen molar-refractivity contribution in [1.29, 1.82) is 0 Å². The van der Waals surface area contributed by atoms with Crippen molar-refractivity contribution >= 4 is 5.91 Å². The lowest BCUT2D eigenvalue weighted by atomic mass is 10.1. The molecule has 0 spiro atoms. The van der Waals surface area contributed by atoms with E-state index < -0.39 is 6.10 Å². The fraction of sp³-hybridized carbons (Fsp3) is 0.647. The van der Waals surface area contributed by atoms with Gasteiger partial charge in [-0.2, -0.15) is 5.10 Å². The summed E-state index contributed by atoms with van der Waals surface area (Å²) in [5.74, 6) is 1.38. The van der Waals surface area contributed by atoms with E-state index in [2.05, 4.69) is 29.1 Å². The first kappa shape index (κ1) is 17.6. The molecular weight excluding hydrogens is 322 g/mol. The molecule has 0 radical (unpaired) electrons. The van der Waals surface area contributed by atoms with Gasteiger partial charge >= 0.3 is 0 Å². The second kappa shape index (κ2) is 6.95. The van der Waals surface area contributed by atoms with Crippen LogP contribution in [-0.2, 0) is 11.8 Å². The predicted octanol–water partition coefficient (Wildman–Crippen LogP) is 2.26. The number of hydrogen-bond donors (Lipinski definition) is 0. The first-order chi connectivity index (χ1) is 11.9. The number of aryl methyl sites for hydroxylation is 1. The highest BCUT2D eigenvalue weighted by molar-refractivity contribution is 5.92. The number of nitrogens with zero attached hydrogens (tertiary/aromatic N) is 5. The van der Waals surface area contributed by atoms with E-state index in [-0.39, 0.29) is 17.7 Å². The van der Waals surface area contributed by atoms with Crippen LogP contribution in [0.3, 0.4) is 0 Å². The van der Waals surface area contributed by atoms with Crippen LogP contribution >= 0.6 is 0 Å². The summed E-state index contributed by atoms with van der Waals surface area (Å²) in [6, 6.07) is 1.86. The van der Waals surface area contributed by atoms with Crippen LogP contribution in [-0.4, -0.2) is 50.5 Å². The van der Waals surface area contributed by atoms with Crippen LogP contribution < -0.4 is 0 Å². The van der Waals surface area contributed by atoms with E-state index in [4.69, 9.17) is 9.15 Å². The van der Waals surface area contributed by atoms with Crippen molar-refractivity contribution < 1.29 is 13.9 Å². The first-order valence-electron chi connectivity index (χ1n) is 8.65. The summed E-state index contributed by atoms with van der Waals surface area (Å²) in [7, 11) is 1.80. The number of morpholine rings is 1. The molecule has 2 aromatic rings. The van der Waals surface area contributed by atoms with E-state index in [1.807, 2.05) is 19.9 Å². The molecule has 1 aliphatic rings. The quantitative estimate of drug-likeness (QED) is 0.843. The maximum atomic E-state index is 12.9. The van der Waals surface area contributed by atoms with E-state index in [1.54, 1.807) is 16.6 Å². The van der Waals surface area contributed by atoms with Gasteiger partial charge in [0.1, 0.15) is 5.69 Å². The predicted molar refractivity (Wildman–Crippen MR) is 90.3 cm³/mol. The number of carbonyl (C=O) groups excluding carboxylic acids is 1. The van der Waals surface area contributed by atoms with Crippen LogP contribution in [0.2, 0.25) is 0 Å². The van der Waals surface area contributed by atoms with Gasteiger partial charge in [0.2, 0.25) is 11.8 Å². The van der Waals surface area contributed by atoms with Crippen LogP contribution in [0.4, 0.5) is 0 Å². The summed E-state index contributed by atoms with van der Waals surface area (Å²) in [5, 5.41) is 12.5. The third-order valence-electron chi connectivity index (χ3n) is 4.29. The van der Waals surface area contributed by atoms with E-state index in [9.17, 15) is 4.79 Å². The van der Waals surface area contributed by atoms with Crippen molar-refractivity contribution in [1.82, 2.24) is 24.9 Å². The van der Waals surface area contributed by atoms with Crippen molar-refractivity contribution in [3.63, 3.8) is 0 Å². The molecule has 0 bridgehead atoms. The van der Waals surface area contributed by atoms with Gasteiger partial charge in [0.25, 0.3) is 5.91 Å². The van der Waals surface area contributed by atoms with Crippen molar-refractivity contribution in [3.8, 4) is 0 Å². The van der Waals surface area contributed by atoms with Crippen LogP contribution in [0, 0.1) is 0 Å². The summed E-state index contributed by atoms with van der Waals surface area (Å²) >= 11 is 0. The molecule has 1 aliphatic heterocycles. The average Bonchev–Trinajstić information content (AvgIpc) is 3.21. The Labute approximate surface area is 147 Å². The van der Waals surface area contributed by atoms with Crippen LogP contribution in [0.1, 0.15) is 73.6 Å². The van der Waals surface area contributed by atoms with Crippen molar-refractivity contribution in [2.24, 2.45) is 7.05 Å². The van der Waals surface area contributed by atoms with E-state index in [0.717, 1.165) is 5.69 Å². The molecule has 25 heavy (non-hydrogen) atoms. The number of rotatable bonds is 4. The number of amides is 1. The Kier molecular flexibility index (Phi) is 4.89. The molecule has 0 aromatic carbocycles. The molecule has 0 aliphatic carbocycles. The van der Waals surface area contributed by atoms with Crippen molar-refractivity contribution in [2.75, 3.05) is 19.7 Å². The lowest BCUT2D eigenvalue weighted by Gasteiger charge is -2.31. The van der Waals surface area contributed by atoms with Gasteiger partial charge in [0, 0.05) is 19.5 Å². The van der Waals surface area contributed by atoms with E-state index >= 15 is 0 Å². The molecule has 3 rings (SSSR count). The minimum atomic E-state index is -0.393. The Hall–Kier alpha value is -2.22. The third-order valence-corrected chi connectivity index (χ3v) is 4.29. The van der Waals surface area contributed by atoms with Crippen molar-refractivity contribution in [3.05, 3.63) is 29.2 Å². The second-order valence-electron chi connectivity index (χ2n) is 6.98. The summed E-state index contributed by atoms with van der Waals surface area (Å²) in [5.41, 5.74) is 1.49. The zero-order valence-corrected chi connectivity index (χ0v) is 15.4. The molecule has 0 N–H and O–H groups in total. The fourth-order valence-electron chi connectivity index (χ4n) is 2.73. The molecule has 1 atom stereocenters. The van der Waals surface area contributed by atoms with Gasteiger partial charge < -0.3 is 14.1 Å². The Morgan fingerprint density at radius 1 is 1.24 bits per heavy atom. The van der Waals surface area contributed by atoms with Gasteiger partial charge in [-0.25, -0.2) is 0 Å². The average molecular weight is 347 g/mol. The van der Waals surface area contributed by atoms with E-state index in [0.29, 0.717) is 37.2 Å². The molecule has 1 fully saturated rings. The largest absolute Gasteiger partial charge is 0.422 e. The highest BCUT2D eigenvalue weighted by Gasteiger charge is 2.31. The zero-order valence-electron chi connectivity index (χ0n) is 15.4. The number of ether oxygens (including phenoxy) is 1. The van der Waals surface area contributed by atoms with Crippen LogP contribution in [0.15, 0.2) is 10.5 Å². The number of carbonyl (C=O) groups is 1. The topological polar surface area (TPSA) is 86.3 Å². The van der Waals surface area contributed by atoms with Gasteiger partial charge in [-0.15, -0.1) is 10.2 Å². The highest BCUT2D eigenvalue weighted by Crippen LogP contribution is 2.24. The van der Waals surface area contributed by atoms with Crippen LogP contribution in [0.25, 0.3) is 0 Å². The van der Waals surface area contributed by atoms with Gasteiger partial charge in [0.05, 0.1) is 18.8 Å². The Morgan fingerprint density at radius 2 is 2.00 bits per heavy atom. The SMILES string of the molecule is CC(C)c1cc(C(=O)N2CCO[C@H](c3nnc(C(C)C)o3)C2)n(C)n1. The molecule has 3 heterocycles. The summed E-state index contributed by atoms with van der Waals surface area (Å²) in [6.07, 6.45) is -0.393. The van der Waals surface area contributed by atoms with Crippen molar-refractivity contribution in [2.45, 2.75) is 45.6 Å². The van der Waals surface area contributed by atoms with Gasteiger partial charge in [-0.1, -0.05) is 27.7 Å². The lowest BCUT2D eigenvalue weighted by molar-refractivity contribution is -0.0354. The minimum Gasteiger partial charge on any atom is -0.422 e. The second-order valence-corrected chi connectivity index (χ2v) is 6.98. The van der Waals surface area contributed by atoms with Gasteiger partial charge in [0.15, 0.2) is 6.10 Å². The third kappa shape index (κ3) is 3.58. The standard InChI is InChI=1S/C17H25N5O3/c1-10(2)12-8-13(21(5)20-12)17(23)22-6-7-24-14(9-22)16-19-18-15(25-16)11(3)4/h8,10-11,14H,6-7,9H2,1-5H3/t14-/m0/s1. The zero-order chi connectivity index (χ0) is 18.1. The molecular formula is C17H25N5O3. The summed E-state index contributed by atoms with van der Waals surface area (Å²) < 4.78 is 13.1. The molecule has 1 amide bonds. The Bertz CT molecular complexity index is 749. The smallest absolute Gasteiger partial charge is 0.272 e. The minimum absolute atomic E-state index is 0.0567. The van der Waals surface area contributed by atoms with Gasteiger partial charge in [-0.05, 0) is 12.0 Å².